The Balaban J connectivity index is 1.85. The van der Waals surface area contributed by atoms with Crippen molar-refractivity contribution in [1.82, 2.24) is 15.6 Å². The normalized spacial score (nSPS) is 18.8. The Morgan fingerprint density at radius 1 is 1.29 bits per heavy atom. The third-order valence-corrected chi connectivity index (χ3v) is 4.36. The number of ether oxygens (including phenoxy) is 1. The van der Waals surface area contributed by atoms with E-state index < -0.39 is 24.2 Å². The van der Waals surface area contributed by atoms with Crippen LogP contribution in [0.25, 0.3) is 0 Å². The van der Waals surface area contributed by atoms with Crippen molar-refractivity contribution in [2.45, 2.75) is 18.9 Å². The van der Waals surface area contributed by atoms with Crippen LogP contribution >= 0.6 is 0 Å². The molecule has 3 rings (SSSR count). The maximum atomic E-state index is 12.8. The summed E-state index contributed by atoms with van der Waals surface area (Å²) in [5.41, 5.74) is -0.800. The Bertz CT molecular complexity index is 936. The van der Waals surface area contributed by atoms with E-state index in [1.54, 1.807) is 24.3 Å². The number of hydrogen-bond acceptors (Lipinski definition) is 5. The fourth-order valence-electron chi connectivity index (χ4n) is 2.83. The lowest BCUT2D eigenvalue weighted by Gasteiger charge is -2.20. The molecular weight excluding hydrogens is 367 g/mol. The summed E-state index contributed by atoms with van der Waals surface area (Å²) in [6.07, 6.45) is 1.33. The van der Waals surface area contributed by atoms with E-state index in [2.05, 4.69) is 15.6 Å². The summed E-state index contributed by atoms with van der Waals surface area (Å²) in [5, 5.41) is 5.00. The van der Waals surface area contributed by atoms with Gasteiger partial charge in [0, 0.05) is 31.8 Å². The Kier molecular flexibility index (Phi) is 5.25. The minimum absolute atomic E-state index is 0.108. The van der Waals surface area contributed by atoms with E-state index in [1.807, 2.05) is 0 Å². The van der Waals surface area contributed by atoms with E-state index in [1.165, 1.54) is 32.3 Å². The average Bonchev–Trinajstić information content (AvgIpc) is 2.90. The van der Waals surface area contributed by atoms with Gasteiger partial charge in [0.25, 0.3) is 11.8 Å². The molecule has 146 valence electrons. The number of nitrogens with one attached hydrogen (secondary N) is 2. The number of halogens is 1. The zero-order valence-corrected chi connectivity index (χ0v) is 15.4. The van der Waals surface area contributed by atoms with Crippen molar-refractivity contribution in [2.24, 2.45) is 0 Å². The molecule has 2 aromatic rings. The van der Waals surface area contributed by atoms with Crippen molar-refractivity contribution < 1.29 is 23.5 Å². The largest absolute Gasteiger partial charge is 0.457 e. The minimum Gasteiger partial charge on any atom is -0.457 e. The molecule has 1 aromatic carbocycles. The zero-order chi connectivity index (χ0) is 20.3. The van der Waals surface area contributed by atoms with Crippen LogP contribution in [0.1, 0.15) is 23.8 Å². The van der Waals surface area contributed by atoms with Crippen LogP contribution in [0.3, 0.4) is 0 Å². The maximum absolute atomic E-state index is 12.8. The summed E-state index contributed by atoms with van der Waals surface area (Å²) in [5.74, 6) is -0.166. The smallest absolute Gasteiger partial charge is 0.329 e. The Labute approximate surface area is 160 Å². The molecule has 1 atom stereocenters. The molecule has 2 N–H and O–H groups in total. The van der Waals surface area contributed by atoms with Crippen molar-refractivity contribution in [3.63, 3.8) is 0 Å². The Morgan fingerprint density at radius 3 is 2.75 bits per heavy atom. The van der Waals surface area contributed by atoms with Crippen LogP contribution in [0.15, 0.2) is 42.6 Å². The third kappa shape index (κ3) is 3.64. The molecule has 1 saturated heterocycles. The van der Waals surface area contributed by atoms with E-state index >= 15 is 0 Å². The molecule has 9 heteroatoms. The van der Waals surface area contributed by atoms with E-state index in [0.29, 0.717) is 17.2 Å². The van der Waals surface area contributed by atoms with E-state index in [-0.39, 0.29) is 18.0 Å². The molecule has 1 unspecified atom stereocenters. The van der Waals surface area contributed by atoms with Gasteiger partial charge in [-0.3, -0.25) is 19.0 Å². The summed E-state index contributed by atoms with van der Waals surface area (Å²) in [4.78, 5) is 41.5. The second-order valence-electron chi connectivity index (χ2n) is 6.40. The second kappa shape index (κ2) is 7.63. The molecule has 1 aliphatic heterocycles. The van der Waals surface area contributed by atoms with Gasteiger partial charge in [-0.1, -0.05) is 6.07 Å². The molecule has 0 radical (unpaired) electrons. The predicted molar refractivity (Wildman–Crippen MR) is 99.2 cm³/mol. The summed E-state index contributed by atoms with van der Waals surface area (Å²) in [6.45, 7) is 0.764. The van der Waals surface area contributed by atoms with Crippen LogP contribution in [0.5, 0.6) is 11.5 Å². The highest BCUT2D eigenvalue weighted by Gasteiger charge is 2.48. The lowest BCUT2D eigenvalue weighted by Crippen LogP contribution is -2.44. The topological polar surface area (TPSA) is 101 Å². The number of hydrogen-bond donors (Lipinski definition) is 2. The fourth-order valence-corrected chi connectivity index (χ4v) is 2.83. The first kappa shape index (κ1) is 19.3. The van der Waals surface area contributed by atoms with Gasteiger partial charge < -0.3 is 15.4 Å². The number of benzene rings is 1. The van der Waals surface area contributed by atoms with Gasteiger partial charge in [-0.2, -0.15) is 0 Å². The van der Waals surface area contributed by atoms with Crippen LogP contribution in [0.4, 0.5) is 14.9 Å². The number of alkyl halides is 1. The number of imide groups is 1. The second-order valence-corrected chi connectivity index (χ2v) is 6.40. The molecule has 0 bridgehead atoms. The highest BCUT2D eigenvalue weighted by Crippen LogP contribution is 2.31. The van der Waals surface area contributed by atoms with Gasteiger partial charge in [-0.05, 0) is 25.1 Å². The third-order valence-electron chi connectivity index (χ3n) is 4.36. The monoisotopic (exact) mass is 386 g/mol. The van der Waals surface area contributed by atoms with Gasteiger partial charge in [-0.25, -0.2) is 9.69 Å². The number of rotatable bonds is 6. The van der Waals surface area contributed by atoms with Gasteiger partial charge in [-0.15, -0.1) is 0 Å². The number of anilines is 1. The summed E-state index contributed by atoms with van der Waals surface area (Å²) < 4.78 is 18.5. The Hall–Kier alpha value is -3.49. The first-order chi connectivity index (χ1) is 13.4. The minimum atomic E-state index is -1.28. The van der Waals surface area contributed by atoms with Crippen LogP contribution in [0, 0.1) is 0 Å². The lowest BCUT2D eigenvalue weighted by atomic mass is 9.99. The average molecular weight is 386 g/mol. The van der Waals surface area contributed by atoms with Crippen molar-refractivity contribution in [3.8, 4) is 11.5 Å². The van der Waals surface area contributed by atoms with E-state index in [4.69, 9.17) is 4.74 Å². The number of carbonyl (C=O) groups excluding carboxylic acids is 3. The SMILES string of the molecule is CNC(=O)c1cc(Oc2cccc(N3C(=O)NC(C)(CCF)C3=O)c2)ccn1. The quantitative estimate of drug-likeness (QED) is 0.743. The lowest BCUT2D eigenvalue weighted by molar-refractivity contribution is -0.121. The molecule has 28 heavy (non-hydrogen) atoms. The molecule has 1 fully saturated rings. The van der Waals surface area contributed by atoms with Crippen molar-refractivity contribution >= 4 is 23.5 Å². The van der Waals surface area contributed by atoms with Crippen molar-refractivity contribution in [2.75, 3.05) is 18.6 Å². The van der Waals surface area contributed by atoms with E-state index in [0.717, 1.165) is 4.90 Å². The standard InChI is InChI=1S/C19H19FN4O4/c1-19(7-8-20)17(26)24(18(27)23-19)12-4-3-5-13(10-12)28-14-6-9-22-15(11-14)16(25)21-2/h3-6,9-11H,7-8H2,1-2H3,(H,21,25)(H,23,27). The molecule has 0 aliphatic carbocycles. The van der Waals surface area contributed by atoms with E-state index in [9.17, 15) is 18.8 Å². The van der Waals surface area contributed by atoms with Crippen molar-refractivity contribution in [3.05, 3.63) is 48.3 Å². The molecule has 4 amide bonds. The zero-order valence-electron chi connectivity index (χ0n) is 15.4. The highest BCUT2D eigenvalue weighted by molar-refractivity contribution is 6.23. The number of pyridine rings is 1. The van der Waals surface area contributed by atoms with Crippen LogP contribution in [-0.2, 0) is 4.79 Å². The number of carbonyl (C=O) groups is 3. The summed E-state index contributed by atoms with van der Waals surface area (Å²) >= 11 is 0. The molecule has 8 nitrogen and oxygen atoms in total. The molecule has 0 spiro atoms. The Morgan fingerprint density at radius 2 is 2.04 bits per heavy atom. The van der Waals surface area contributed by atoms with Gasteiger partial charge in [0.15, 0.2) is 0 Å². The van der Waals surface area contributed by atoms with Crippen LogP contribution in [-0.4, -0.2) is 42.1 Å². The molecular formula is C19H19FN4O4. The molecule has 1 aliphatic rings. The van der Waals surface area contributed by atoms with Gasteiger partial charge in [0.1, 0.15) is 22.7 Å². The molecule has 0 saturated carbocycles. The number of amides is 4. The predicted octanol–water partition coefficient (Wildman–Crippen LogP) is 2.41. The highest BCUT2D eigenvalue weighted by atomic mass is 19.1. The van der Waals surface area contributed by atoms with Crippen LogP contribution in [0.2, 0.25) is 0 Å². The number of nitrogens with zero attached hydrogens (tertiary/aromatic N) is 2. The van der Waals surface area contributed by atoms with Gasteiger partial charge in [0.2, 0.25) is 0 Å². The van der Waals surface area contributed by atoms with Crippen LogP contribution < -0.4 is 20.3 Å². The van der Waals surface area contributed by atoms with Gasteiger partial charge in [0.05, 0.1) is 12.4 Å². The van der Waals surface area contributed by atoms with Crippen molar-refractivity contribution in [1.29, 1.82) is 0 Å². The van der Waals surface area contributed by atoms with Gasteiger partial charge >= 0.3 is 6.03 Å². The number of urea groups is 1. The number of aromatic nitrogens is 1. The molecule has 2 heterocycles. The first-order valence-electron chi connectivity index (χ1n) is 8.56. The first-order valence-corrected chi connectivity index (χ1v) is 8.56. The molecule has 1 aromatic heterocycles. The summed E-state index contributed by atoms with van der Waals surface area (Å²) in [7, 11) is 1.50. The summed E-state index contributed by atoms with van der Waals surface area (Å²) in [6, 6.07) is 8.78. The fraction of sp³-hybridized carbons (Fsp3) is 0.263. The maximum Gasteiger partial charge on any atom is 0.329 e.